The summed E-state index contributed by atoms with van der Waals surface area (Å²) in [6, 6.07) is 17.9. The zero-order valence-electron chi connectivity index (χ0n) is 18.6. The van der Waals surface area contributed by atoms with Gasteiger partial charge in [0.15, 0.2) is 0 Å². The van der Waals surface area contributed by atoms with Crippen LogP contribution in [0.4, 0.5) is 0 Å². The Kier molecular flexibility index (Phi) is 7.15. The van der Waals surface area contributed by atoms with Crippen molar-refractivity contribution in [3.63, 3.8) is 0 Å². The van der Waals surface area contributed by atoms with Crippen molar-refractivity contribution in [3.05, 3.63) is 66.2 Å². The largest absolute Gasteiger partial charge is 0.496 e. The number of nitrogens with one attached hydrogen (secondary N) is 1. The summed E-state index contributed by atoms with van der Waals surface area (Å²) < 4.78 is 38.1. The van der Waals surface area contributed by atoms with Gasteiger partial charge in [0.1, 0.15) is 18.1 Å². The van der Waals surface area contributed by atoms with Crippen LogP contribution >= 0.6 is 0 Å². The molecule has 3 aromatic carbocycles. The number of hydrogen-bond acceptors (Lipinski definition) is 5. The summed E-state index contributed by atoms with van der Waals surface area (Å²) in [5, 5.41) is 4.80. The molecule has 1 saturated heterocycles. The van der Waals surface area contributed by atoms with Crippen LogP contribution in [0.25, 0.3) is 10.8 Å². The molecular weight excluding hydrogens is 440 g/mol. The van der Waals surface area contributed by atoms with Crippen molar-refractivity contribution >= 4 is 26.7 Å². The lowest BCUT2D eigenvalue weighted by Crippen LogP contribution is -2.35. The number of carbonyl (C=O) groups excluding carboxylic acids is 1. The standard InChI is InChI=1S/C25H28N2O5S/c1-31-24-18-20-8-4-3-7-19(20)17-23(24)25(28)26-13-16-32-21-9-11-22(12-10-21)33(29,30)27-14-5-2-6-15-27/h3-4,7-12,17-18H,2,5-6,13-16H2,1H3,(H,26,28). The van der Waals surface area contributed by atoms with Crippen molar-refractivity contribution < 1.29 is 22.7 Å². The highest BCUT2D eigenvalue weighted by Gasteiger charge is 2.25. The molecule has 33 heavy (non-hydrogen) atoms. The molecule has 4 rings (SSSR count). The van der Waals surface area contributed by atoms with Gasteiger partial charge in [0.25, 0.3) is 5.91 Å². The highest BCUT2D eigenvalue weighted by atomic mass is 32.2. The van der Waals surface area contributed by atoms with Gasteiger partial charge in [-0.25, -0.2) is 8.42 Å². The van der Waals surface area contributed by atoms with Gasteiger partial charge < -0.3 is 14.8 Å². The first-order valence-corrected chi connectivity index (χ1v) is 12.5. The molecular formula is C25H28N2O5S. The van der Waals surface area contributed by atoms with E-state index in [0.717, 1.165) is 30.0 Å². The number of methoxy groups -OCH3 is 1. The Labute approximate surface area is 194 Å². The van der Waals surface area contributed by atoms with Crippen LogP contribution in [0, 0.1) is 0 Å². The third-order valence-electron chi connectivity index (χ3n) is 5.75. The Balaban J connectivity index is 1.32. The van der Waals surface area contributed by atoms with Crippen LogP contribution in [0.2, 0.25) is 0 Å². The van der Waals surface area contributed by atoms with Crippen LogP contribution in [0.1, 0.15) is 29.6 Å². The van der Waals surface area contributed by atoms with Gasteiger partial charge in [-0.1, -0.05) is 30.7 Å². The van der Waals surface area contributed by atoms with Gasteiger partial charge in [-0.2, -0.15) is 4.31 Å². The van der Waals surface area contributed by atoms with Crippen molar-refractivity contribution in [1.82, 2.24) is 9.62 Å². The lowest BCUT2D eigenvalue weighted by Gasteiger charge is -2.25. The van der Waals surface area contributed by atoms with E-state index in [2.05, 4.69) is 5.32 Å². The Bertz CT molecular complexity index is 1220. The molecule has 0 bridgehead atoms. The van der Waals surface area contributed by atoms with Crippen LogP contribution in [0.5, 0.6) is 11.5 Å². The molecule has 1 aliphatic heterocycles. The Hall–Kier alpha value is -3.10. The topological polar surface area (TPSA) is 84.9 Å². The van der Waals surface area contributed by atoms with Crippen LogP contribution < -0.4 is 14.8 Å². The van der Waals surface area contributed by atoms with E-state index < -0.39 is 10.0 Å². The maximum Gasteiger partial charge on any atom is 0.255 e. The van der Waals surface area contributed by atoms with Crippen LogP contribution in [-0.2, 0) is 10.0 Å². The summed E-state index contributed by atoms with van der Waals surface area (Å²) in [5.74, 6) is 0.812. The van der Waals surface area contributed by atoms with E-state index in [1.54, 1.807) is 35.7 Å². The number of amides is 1. The number of hydrogen-bond donors (Lipinski definition) is 1. The fourth-order valence-corrected chi connectivity index (χ4v) is 5.47. The highest BCUT2D eigenvalue weighted by Crippen LogP contribution is 2.26. The average Bonchev–Trinajstić information content (AvgIpc) is 2.86. The first-order valence-electron chi connectivity index (χ1n) is 11.1. The van der Waals surface area contributed by atoms with E-state index in [-0.39, 0.29) is 17.4 Å². The molecule has 3 aromatic rings. The highest BCUT2D eigenvalue weighted by molar-refractivity contribution is 7.89. The van der Waals surface area contributed by atoms with E-state index in [1.165, 1.54) is 0 Å². The average molecular weight is 469 g/mol. The molecule has 8 heteroatoms. The second-order valence-electron chi connectivity index (χ2n) is 7.94. The quantitative estimate of drug-likeness (QED) is 0.508. The summed E-state index contributed by atoms with van der Waals surface area (Å²) in [7, 11) is -1.92. The molecule has 0 atom stereocenters. The van der Waals surface area contributed by atoms with E-state index in [9.17, 15) is 13.2 Å². The minimum Gasteiger partial charge on any atom is -0.496 e. The molecule has 0 aliphatic carbocycles. The van der Waals surface area contributed by atoms with E-state index >= 15 is 0 Å². The normalized spacial score (nSPS) is 14.7. The maximum atomic E-state index is 12.7. The van der Waals surface area contributed by atoms with Crippen molar-refractivity contribution in [1.29, 1.82) is 0 Å². The molecule has 7 nitrogen and oxygen atoms in total. The predicted octanol–water partition coefficient (Wildman–Crippen LogP) is 3.83. The second kappa shape index (κ2) is 10.2. The number of piperidine rings is 1. The molecule has 1 N–H and O–H groups in total. The molecule has 0 saturated carbocycles. The number of fused-ring (bicyclic) bond motifs is 1. The number of carbonyl (C=O) groups is 1. The minimum atomic E-state index is -3.46. The number of nitrogens with zero attached hydrogens (tertiary/aromatic N) is 1. The van der Waals surface area contributed by atoms with Crippen LogP contribution in [0.3, 0.4) is 0 Å². The molecule has 0 spiro atoms. The van der Waals surface area contributed by atoms with Crippen molar-refractivity contribution in [2.75, 3.05) is 33.4 Å². The van der Waals surface area contributed by atoms with Gasteiger partial charge in [0, 0.05) is 13.1 Å². The Morgan fingerprint density at radius 3 is 2.30 bits per heavy atom. The Morgan fingerprint density at radius 2 is 1.64 bits per heavy atom. The minimum absolute atomic E-state index is 0.246. The van der Waals surface area contributed by atoms with Crippen LogP contribution in [-0.4, -0.2) is 52.0 Å². The summed E-state index contributed by atoms with van der Waals surface area (Å²) >= 11 is 0. The van der Waals surface area contributed by atoms with Gasteiger partial charge in [0.2, 0.25) is 10.0 Å². The fourth-order valence-electron chi connectivity index (χ4n) is 3.96. The van der Waals surface area contributed by atoms with Crippen LogP contribution in [0.15, 0.2) is 65.6 Å². The lowest BCUT2D eigenvalue weighted by atomic mass is 10.1. The van der Waals surface area contributed by atoms with E-state index in [1.807, 2.05) is 36.4 Å². The third kappa shape index (κ3) is 5.29. The zero-order chi connectivity index (χ0) is 23.3. The summed E-state index contributed by atoms with van der Waals surface area (Å²) in [6.07, 6.45) is 2.87. The molecule has 0 unspecified atom stereocenters. The predicted molar refractivity (Wildman–Crippen MR) is 127 cm³/mol. The molecule has 1 aliphatic rings. The first kappa shape index (κ1) is 23.1. The summed E-state index contributed by atoms with van der Waals surface area (Å²) in [6.45, 7) is 1.69. The molecule has 1 fully saturated rings. The third-order valence-corrected chi connectivity index (χ3v) is 7.66. The monoisotopic (exact) mass is 468 g/mol. The lowest BCUT2D eigenvalue weighted by molar-refractivity contribution is 0.0944. The first-order chi connectivity index (χ1) is 16.0. The Morgan fingerprint density at radius 1 is 0.970 bits per heavy atom. The molecule has 1 heterocycles. The molecule has 1 amide bonds. The number of rotatable bonds is 8. The molecule has 174 valence electrons. The van der Waals surface area contributed by atoms with E-state index in [4.69, 9.17) is 9.47 Å². The van der Waals surface area contributed by atoms with Gasteiger partial charge in [-0.05, 0) is 60.0 Å². The fraction of sp³-hybridized carbons (Fsp3) is 0.320. The van der Waals surface area contributed by atoms with Crippen molar-refractivity contribution in [2.45, 2.75) is 24.2 Å². The number of benzene rings is 3. The van der Waals surface area contributed by atoms with E-state index in [0.29, 0.717) is 36.7 Å². The van der Waals surface area contributed by atoms with Crippen molar-refractivity contribution in [2.24, 2.45) is 0 Å². The number of ether oxygens (including phenoxy) is 2. The van der Waals surface area contributed by atoms with Crippen molar-refractivity contribution in [3.8, 4) is 11.5 Å². The molecule has 0 aromatic heterocycles. The maximum absolute atomic E-state index is 12.7. The van der Waals surface area contributed by atoms with Gasteiger partial charge in [0.05, 0.1) is 24.1 Å². The molecule has 0 radical (unpaired) electrons. The SMILES string of the molecule is COc1cc2ccccc2cc1C(=O)NCCOc1ccc(S(=O)(=O)N2CCCCC2)cc1. The smallest absolute Gasteiger partial charge is 0.255 e. The summed E-state index contributed by atoms with van der Waals surface area (Å²) in [4.78, 5) is 12.9. The summed E-state index contributed by atoms with van der Waals surface area (Å²) in [5.41, 5.74) is 0.462. The van der Waals surface area contributed by atoms with Gasteiger partial charge in [-0.15, -0.1) is 0 Å². The number of sulfonamides is 1. The second-order valence-corrected chi connectivity index (χ2v) is 9.88. The van der Waals surface area contributed by atoms with Gasteiger partial charge in [-0.3, -0.25) is 4.79 Å². The zero-order valence-corrected chi connectivity index (χ0v) is 19.4. The van der Waals surface area contributed by atoms with Gasteiger partial charge >= 0.3 is 0 Å².